The zero-order chi connectivity index (χ0) is 15.6. The maximum absolute atomic E-state index is 13.3. The predicted octanol–water partition coefficient (Wildman–Crippen LogP) is 2.30. The van der Waals surface area contributed by atoms with E-state index in [0.29, 0.717) is 0 Å². The van der Waals surface area contributed by atoms with Gasteiger partial charge in [-0.2, -0.15) is 0 Å². The van der Waals surface area contributed by atoms with Gasteiger partial charge in [-0.05, 0) is 44.0 Å². The van der Waals surface area contributed by atoms with Crippen molar-refractivity contribution >= 4 is 0 Å². The van der Waals surface area contributed by atoms with Gasteiger partial charge >= 0.3 is 0 Å². The van der Waals surface area contributed by atoms with Crippen LogP contribution in [0.1, 0.15) is 18.4 Å². The van der Waals surface area contributed by atoms with Crippen LogP contribution < -0.4 is 0 Å². The van der Waals surface area contributed by atoms with Crippen LogP contribution in [0.4, 0.5) is 8.78 Å². The molecule has 0 amide bonds. The maximum Gasteiger partial charge on any atom is 0.159 e. The van der Waals surface area contributed by atoms with Gasteiger partial charge in [0.1, 0.15) is 0 Å². The molecule has 0 bridgehead atoms. The van der Waals surface area contributed by atoms with Crippen LogP contribution in [0.25, 0.3) is 0 Å². The van der Waals surface area contributed by atoms with Gasteiger partial charge < -0.3 is 9.64 Å². The molecule has 22 heavy (non-hydrogen) atoms. The Labute approximate surface area is 130 Å². The molecular weight excluding hydrogens is 286 g/mol. The summed E-state index contributed by atoms with van der Waals surface area (Å²) in [7, 11) is 2.15. The number of piperidine rings is 1. The Kier molecular flexibility index (Phi) is 4.76. The minimum Gasteiger partial charge on any atom is -0.372 e. The monoisotopic (exact) mass is 310 g/mol. The molecule has 2 saturated heterocycles. The number of hydrogen-bond acceptors (Lipinski definition) is 3. The molecule has 3 nitrogen and oxygen atoms in total. The van der Waals surface area contributed by atoms with Gasteiger partial charge in [0.05, 0.1) is 12.2 Å². The third kappa shape index (κ3) is 3.65. The Morgan fingerprint density at radius 2 is 1.91 bits per heavy atom. The van der Waals surface area contributed by atoms with Crippen molar-refractivity contribution in [2.45, 2.75) is 24.9 Å². The third-order valence-corrected chi connectivity index (χ3v) is 4.93. The minimum absolute atomic E-state index is 0.00118. The molecule has 1 aromatic carbocycles. The van der Waals surface area contributed by atoms with Crippen molar-refractivity contribution in [1.82, 2.24) is 9.80 Å². The predicted molar refractivity (Wildman–Crippen MR) is 81.9 cm³/mol. The van der Waals surface area contributed by atoms with Gasteiger partial charge in [-0.3, -0.25) is 4.90 Å². The average Bonchev–Trinajstić information content (AvgIpc) is 2.52. The lowest BCUT2D eigenvalue weighted by Gasteiger charge is -2.46. The molecule has 0 saturated carbocycles. The number of morpholine rings is 1. The largest absolute Gasteiger partial charge is 0.372 e. The third-order valence-electron chi connectivity index (χ3n) is 4.93. The van der Waals surface area contributed by atoms with Crippen LogP contribution in [0.2, 0.25) is 0 Å². The Morgan fingerprint density at radius 3 is 2.64 bits per heavy atom. The molecule has 0 unspecified atom stereocenters. The summed E-state index contributed by atoms with van der Waals surface area (Å²) in [6, 6.07) is 4.19. The Morgan fingerprint density at radius 1 is 1.14 bits per heavy atom. The lowest BCUT2D eigenvalue weighted by atomic mass is 9.89. The molecule has 2 fully saturated rings. The van der Waals surface area contributed by atoms with Crippen molar-refractivity contribution < 1.29 is 13.5 Å². The van der Waals surface area contributed by atoms with Gasteiger partial charge in [0.25, 0.3) is 0 Å². The normalized spacial score (nSPS) is 23.0. The second-order valence-corrected chi connectivity index (χ2v) is 6.61. The topological polar surface area (TPSA) is 15.7 Å². The molecule has 0 atom stereocenters. The van der Waals surface area contributed by atoms with Crippen molar-refractivity contribution in [3.63, 3.8) is 0 Å². The number of hydrogen-bond donors (Lipinski definition) is 0. The van der Waals surface area contributed by atoms with Crippen molar-refractivity contribution in [3.05, 3.63) is 35.4 Å². The van der Waals surface area contributed by atoms with Crippen LogP contribution >= 0.6 is 0 Å². The zero-order valence-corrected chi connectivity index (χ0v) is 13.2. The summed E-state index contributed by atoms with van der Waals surface area (Å²) in [6.07, 6.45) is 2.89. The van der Waals surface area contributed by atoms with Crippen molar-refractivity contribution in [3.8, 4) is 0 Å². The molecule has 0 aromatic heterocycles. The maximum atomic E-state index is 13.3. The number of nitrogens with zero attached hydrogens (tertiary/aromatic N) is 2. The zero-order valence-electron chi connectivity index (χ0n) is 13.2. The van der Waals surface area contributed by atoms with Crippen LogP contribution in [0, 0.1) is 11.6 Å². The Hall–Kier alpha value is -1.04. The van der Waals surface area contributed by atoms with Gasteiger partial charge in [-0.15, -0.1) is 0 Å². The van der Waals surface area contributed by atoms with Crippen LogP contribution in [0.5, 0.6) is 0 Å². The Bertz CT molecular complexity index is 515. The highest BCUT2D eigenvalue weighted by molar-refractivity contribution is 5.18. The SMILES string of the molecule is CN1CCC2(CC1)CN(CCc1ccc(F)c(F)c1)CCO2. The van der Waals surface area contributed by atoms with Gasteiger partial charge in [0.15, 0.2) is 11.6 Å². The molecule has 0 radical (unpaired) electrons. The highest BCUT2D eigenvalue weighted by Crippen LogP contribution is 2.29. The second-order valence-electron chi connectivity index (χ2n) is 6.61. The number of benzene rings is 1. The van der Waals surface area contributed by atoms with Gasteiger partial charge in [-0.1, -0.05) is 6.07 Å². The Balaban J connectivity index is 1.55. The first kappa shape index (κ1) is 15.8. The van der Waals surface area contributed by atoms with Crippen LogP contribution in [0.15, 0.2) is 18.2 Å². The smallest absolute Gasteiger partial charge is 0.159 e. The molecule has 0 N–H and O–H groups in total. The van der Waals surface area contributed by atoms with Gasteiger partial charge in [-0.25, -0.2) is 8.78 Å². The van der Waals surface area contributed by atoms with Gasteiger partial charge in [0.2, 0.25) is 0 Å². The van der Waals surface area contributed by atoms with E-state index in [-0.39, 0.29) is 5.60 Å². The molecule has 3 rings (SSSR count). The van der Waals surface area contributed by atoms with E-state index in [4.69, 9.17) is 4.74 Å². The first-order valence-electron chi connectivity index (χ1n) is 8.05. The summed E-state index contributed by atoms with van der Waals surface area (Å²) in [6.45, 7) is 5.66. The molecular formula is C17H24F2N2O. The molecule has 1 spiro atoms. The van der Waals surface area contributed by atoms with Crippen molar-refractivity contribution in [2.24, 2.45) is 0 Å². The quantitative estimate of drug-likeness (QED) is 0.852. The molecule has 2 aliphatic rings. The van der Waals surface area contributed by atoms with E-state index in [1.807, 2.05) is 0 Å². The van der Waals surface area contributed by atoms with E-state index in [0.717, 1.165) is 64.2 Å². The fourth-order valence-corrected chi connectivity index (χ4v) is 3.43. The van der Waals surface area contributed by atoms with E-state index < -0.39 is 11.6 Å². The van der Waals surface area contributed by atoms with E-state index in [1.165, 1.54) is 12.1 Å². The first-order chi connectivity index (χ1) is 10.6. The second kappa shape index (κ2) is 6.60. The lowest BCUT2D eigenvalue weighted by Crippen LogP contribution is -2.56. The molecule has 2 heterocycles. The molecule has 5 heteroatoms. The van der Waals surface area contributed by atoms with E-state index in [2.05, 4.69) is 16.8 Å². The molecule has 122 valence electrons. The average molecular weight is 310 g/mol. The van der Waals surface area contributed by atoms with Gasteiger partial charge in [0, 0.05) is 32.7 Å². The fourth-order valence-electron chi connectivity index (χ4n) is 3.43. The number of rotatable bonds is 3. The van der Waals surface area contributed by atoms with Crippen LogP contribution in [-0.2, 0) is 11.2 Å². The van der Waals surface area contributed by atoms with Crippen molar-refractivity contribution in [2.75, 3.05) is 46.4 Å². The van der Waals surface area contributed by atoms with E-state index >= 15 is 0 Å². The number of likely N-dealkylation sites (tertiary alicyclic amines) is 1. The van der Waals surface area contributed by atoms with Crippen LogP contribution in [0.3, 0.4) is 0 Å². The molecule has 1 aromatic rings. The minimum atomic E-state index is -0.777. The molecule has 2 aliphatic heterocycles. The standard InChI is InChI=1S/C17H24F2N2O/c1-20-8-5-17(6-9-20)13-21(10-11-22-17)7-4-14-2-3-15(18)16(19)12-14/h2-3,12H,4-11,13H2,1H3. The summed E-state index contributed by atoms with van der Waals surface area (Å²) in [5, 5.41) is 0. The number of halogens is 2. The summed E-state index contributed by atoms with van der Waals surface area (Å²) in [4.78, 5) is 4.74. The fraction of sp³-hybridized carbons (Fsp3) is 0.647. The van der Waals surface area contributed by atoms with E-state index in [1.54, 1.807) is 6.07 Å². The lowest BCUT2D eigenvalue weighted by molar-refractivity contribution is -0.133. The molecule has 0 aliphatic carbocycles. The summed E-state index contributed by atoms with van der Waals surface area (Å²) in [5.74, 6) is -1.54. The van der Waals surface area contributed by atoms with Crippen LogP contribution in [-0.4, -0.2) is 61.8 Å². The first-order valence-corrected chi connectivity index (χ1v) is 8.05. The number of ether oxygens (including phenoxy) is 1. The van der Waals surface area contributed by atoms with Crippen molar-refractivity contribution in [1.29, 1.82) is 0 Å². The van der Waals surface area contributed by atoms with E-state index in [9.17, 15) is 8.78 Å². The highest BCUT2D eigenvalue weighted by atomic mass is 19.2. The summed E-state index contributed by atoms with van der Waals surface area (Å²) in [5.41, 5.74) is 0.849. The summed E-state index contributed by atoms with van der Waals surface area (Å²) < 4.78 is 32.3. The summed E-state index contributed by atoms with van der Waals surface area (Å²) >= 11 is 0. The highest BCUT2D eigenvalue weighted by Gasteiger charge is 2.38.